The van der Waals surface area contributed by atoms with Crippen LogP contribution in [0.2, 0.25) is 0 Å². The van der Waals surface area contributed by atoms with Crippen LogP contribution >= 0.6 is 0 Å². The molecule has 2 aromatic rings. The maximum absolute atomic E-state index is 10.9. The van der Waals surface area contributed by atoms with Gasteiger partial charge in [-0.15, -0.1) is 0 Å². The van der Waals surface area contributed by atoms with Gasteiger partial charge in [0, 0.05) is 12.8 Å². The summed E-state index contributed by atoms with van der Waals surface area (Å²) in [4.78, 5) is 60.8. The van der Waals surface area contributed by atoms with E-state index in [-0.39, 0.29) is 24.0 Å². The molecule has 0 aliphatic rings. The first-order valence-electron chi connectivity index (χ1n) is 10.1. The fraction of sp³-hybridized carbons (Fsp3) is 0.182. The molecule has 0 fully saturated rings. The van der Waals surface area contributed by atoms with Crippen LogP contribution in [0, 0.1) is 0 Å². The Balaban J connectivity index is 0.000000559. The number of carbonyl (C=O) groups is 6. The third-order valence-electron chi connectivity index (χ3n) is 4.12. The van der Waals surface area contributed by atoms with Gasteiger partial charge in [0.25, 0.3) is 10.1 Å². The molecule has 7 N–H and O–H groups in total. The first kappa shape index (κ1) is 33.2. The Labute approximate surface area is 214 Å². The minimum absolute atomic E-state index is 0.0186. The summed E-state index contributed by atoms with van der Waals surface area (Å²) < 4.78 is 30.6. The predicted octanol–water partition coefficient (Wildman–Crippen LogP) is 2.13. The van der Waals surface area contributed by atoms with Crippen molar-refractivity contribution in [3.8, 4) is 0 Å². The van der Waals surface area contributed by atoms with Crippen LogP contribution < -0.4 is 0 Å². The summed E-state index contributed by atoms with van der Waals surface area (Å²) in [5.41, 5.74) is -1.62. The summed E-state index contributed by atoms with van der Waals surface area (Å²) in [6.07, 6.45) is 1.02. The Kier molecular flexibility index (Phi) is 13.4. The molecule has 15 nitrogen and oxygen atoms in total. The lowest BCUT2D eigenvalue weighted by Crippen LogP contribution is -2.14. The summed E-state index contributed by atoms with van der Waals surface area (Å²) in [5.74, 6) is -7.28. The molecule has 0 unspecified atom stereocenters. The SMILES string of the molecule is O=C(O)CCCCC(=O)O.O=C(O)c1cccc(C(=O)O)c1.O=C(O)c1cccc(C(=O)O)c1S(=O)(=O)O. The third-order valence-corrected chi connectivity index (χ3v) is 5.08. The first-order chi connectivity index (χ1) is 17.5. The summed E-state index contributed by atoms with van der Waals surface area (Å²) in [6.45, 7) is 0. The molecule has 0 saturated heterocycles. The van der Waals surface area contributed by atoms with E-state index >= 15 is 0 Å². The van der Waals surface area contributed by atoms with Gasteiger partial charge in [-0.1, -0.05) is 12.1 Å². The second-order valence-electron chi connectivity index (χ2n) is 6.95. The monoisotopic (exact) mass is 558 g/mol. The number of benzene rings is 2. The molecule has 0 spiro atoms. The number of carboxylic acids is 6. The van der Waals surface area contributed by atoms with Gasteiger partial charge in [0.2, 0.25) is 0 Å². The van der Waals surface area contributed by atoms with Crippen molar-refractivity contribution < 1.29 is 72.4 Å². The molecule has 38 heavy (non-hydrogen) atoms. The lowest BCUT2D eigenvalue weighted by atomic mass is 10.1. The summed E-state index contributed by atoms with van der Waals surface area (Å²) in [6, 6.07) is 8.04. The van der Waals surface area contributed by atoms with Crippen molar-refractivity contribution in [3.05, 3.63) is 64.7 Å². The lowest BCUT2D eigenvalue weighted by Gasteiger charge is -2.05. The highest BCUT2D eigenvalue weighted by Crippen LogP contribution is 2.21. The molecular formula is C22H22O15S. The molecule has 2 aromatic carbocycles. The number of hydrogen-bond acceptors (Lipinski definition) is 8. The molecule has 0 aromatic heterocycles. The average molecular weight is 558 g/mol. The predicted molar refractivity (Wildman–Crippen MR) is 124 cm³/mol. The smallest absolute Gasteiger partial charge is 0.337 e. The summed E-state index contributed by atoms with van der Waals surface area (Å²) in [5, 5.41) is 50.6. The normalized spacial score (nSPS) is 10.0. The highest BCUT2D eigenvalue weighted by atomic mass is 32.2. The fourth-order valence-corrected chi connectivity index (χ4v) is 3.36. The van der Waals surface area contributed by atoms with Gasteiger partial charge in [-0.25, -0.2) is 19.2 Å². The van der Waals surface area contributed by atoms with E-state index in [0.717, 1.165) is 24.3 Å². The van der Waals surface area contributed by atoms with Crippen molar-refractivity contribution in [2.75, 3.05) is 0 Å². The third kappa shape index (κ3) is 12.2. The summed E-state index contributed by atoms with van der Waals surface area (Å²) in [7, 11) is -4.92. The quantitative estimate of drug-likeness (QED) is 0.162. The Morgan fingerprint density at radius 2 is 0.921 bits per heavy atom. The van der Waals surface area contributed by atoms with Gasteiger partial charge in [-0.05, 0) is 43.2 Å². The van der Waals surface area contributed by atoms with Crippen LogP contribution in [0.25, 0.3) is 0 Å². The van der Waals surface area contributed by atoms with Crippen LogP contribution in [0.5, 0.6) is 0 Å². The van der Waals surface area contributed by atoms with Gasteiger partial charge in [-0.2, -0.15) is 8.42 Å². The highest BCUT2D eigenvalue weighted by Gasteiger charge is 2.27. The molecule has 0 atom stereocenters. The average Bonchev–Trinajstić information content (AvgIpc) is 2.81. The van der Waals surface area contributed by atoms with E-state index in [1.54, 1.807) is 0 Å². The molecule has 2 rings (SSSR count). The zero-order valence-corrected chi connectivity index (χ0v) is 20.0. The number of hydrogen-bond donors (Lipinski definition) is 7. The minimum atomic E-state index is -4.92. The molecule has 0 heterocycles. The number of rotatable bonds is 10. The van der Waals surface area contributed by atoms with E-state index in [2.05, 4.69) is 0 Å². The van der Waals surface area contributed by atoms with Crippen molar-refractivity contribution in [2.45, 2.75) is 30.6 Å². The molecule has 0 radical (unpaired) electrons. The van der Waals surface area contributed by atoms with Gasteiger partial charge < -0.3 is 30.6 Å². The second-order valence-corrected chi connectivity index (χ2v) is 8.31. The lowest BCUT2D eigenvalue weighted by molar-refractivity contribution is -0.139. The zero-order chi connectivity index (χ0) is 29.6. The van der Waals surface area contributed by atoms with Crippen LogP contribution in [-0.2, 0) is 19.7 Å². The van der Waals surface area contributed by atoms with Crippen molar-refractivity contribution in [1.29, 1.82) is 0 Å². The molecule has 0 amide bonds. The topological polar surface area (TPSA) is 278 Å². The Bertz CT molecular complexity index is 1230. The van der Waals surface area contributed by atoms with Crippen molar-refractivity contribution in [2.24, 2.45) is 0 Å². The molecular weight excluding hydrogens is 536 g/mol. The van der Waals surface area contributed by atoms with Gasteiger partial charge in [0.15, 0.2) is 0 Å². The molecule has 0 aliphatic heterocycles. The number of unbranched alkanes of at least 4 members (excludes halogenated alkanes) is 1. The van der Waals surface area contributed by atoms with Gasteiger partial charge in [-0.3, -0.25) is 14.1 Å². The van der Waals surface area contributed by atoms with E-state index in [0.29, 0.717) is 12.8 Å². The molecule has 0 bridgehead atoms. The minimum Gasteiger partial charge on any atom is -0.481 e. The molecule has 16 heteroatoms. The van der Waals surface area contributed by atoms with Gasteiger partial charge in [0.1, 0.15) is 4.90 Å². The van der Waals surface area contributed by atoms with E-state index < -0.39 is 62.0 Å². The largest absolute Gasteiger partial charge is 0.481 e. The summed E-state index contributed by atoms with van der Waals surface area (Å²) >= 11 is 0. The van der Waals surface area contributed by atoms with Crippen LogP contribution in [-0.4, -0.2) is 79.4 Å². The number of aliphatic carboxylic acids is 2. The molecule has 0 saturated carbocycles. The van der Waals surface area contributed by atoms with E-state index in [4.69, 9.17) is 35.2 Å². The number of aromatic carboxylic acids is 4. The van der Waals surface area contributed by atoms with E-state index in [9.17, 15) is 37.2 Å². The Hall–Kier alpha value is -4.83. The zero-order valence-electron chi connectivity index (χ0n) is 19.2. The van der Waals surface area contributed by atoms with Crippen molar-refractivity contribution >= 4 is 45.9 Å². The van der Waals surface area contributed by atoms with Gasteiger partial charge in [0.05, 0.1) is 22.3 Å². The Morgan fingerprint density at radius 1 is 0.579 bits per heavy atom. The standard InChI is InChI=1S/C8H6O7S.C8H6O4.C6H10O4/c9-7(10)4-2-1-3-5(8(11)12)6(4)16(13,14)15;9-7(10)5-2-1-3-6(4-5)8(11)12;7-5(8)3-1-2-4-6(9)10/h1-3H,(H,9,10)(H,11,12)(H,13,14,15);1-4H,(H,9,10)(H,11,12);1-4H2,(H,7,8)(H,9,10). The Morgan fingerprint density at radius 3 is 1.18 bits per heavy atom. The molecule has 0 aliphatic carbocycles. The second kappa shape index (κ2) is 15.3. The van der Waals surface area contributed by atoms with E-state index in [1.807, 2.05) is 0 Å². The van der Waals surface area contributed by atoms with Crippen LogP contribution in [0.3, 0.4) is 0 Å². The van der Waals surface area contributed by atoms with Crippen molar-refractivity contribution in [3.63, 3.8) is 0 Å². The van der Waals surface area contributed by atoms with Crippen molar-refractivity contribution in [1.82, 2.24) is 0 Å². The number of carboxylic acid groups (broad SMARTS) is 6. The first-order valence-corrected chi connectivity index (χ1v) is 11.5. The van der Waals surface area contributed by atoms with Gasteiger partial charge >= 0.3 is 35.8 Å². The van der Waals surface area contributed by atoms with Crippen LogP contribution in [0.1, 0.15) is 67.1 Å². The van der Waals surface area contributed by atoms with Crippen LogP contribution in [0.15, 0.2) is 47.4 Å². The maximum Gasteiger partial charge on any atom is 0.337 e. The fourth-order valence-electron chi connectivity index (χ4n) is 2.49. The van der Waals surface area contributed by atoms with Crippen LogP contribution in [0.4, 0.5) is 0 Å². The van der Waals surface area contributed by atoms with E-state index in [1.165, 1.54) is 18.2 Å². The highest BCUT2D eigenvalue weighted by molar-refractivity contribution is 7.86. The molecule has 206 valence electrons. The maximum atomic E-state index is 10.9.